The molecule has 20 heavy (non-hydrogen) atoms. The Morgan fingerprint density at radius 1 is 1.00 bits per heavy atom. The Labute approximate surface area is 130 Å². The fourth-order valence-corrected chi connectivity index (χ4v) is 3.55. The smallest absolute Gasteiger partial charge is 0.173 e. The second-order valence-electron chi connectivity index (χ2n) is 4.57. The monoisotopic (exact) mass is 323 g/mol. The molecule has 0 N–H and O–H groups in total. The quantitative estimate of drug-likeness (QED) is 0.592. The third-order valence-electron chi connectivity index (χ3n) is 3.06. The predicted octanol–water partition coefficient (Wildman–Crippen LogP) is 4.99. The lowest BCUT2D eigenvalue weighted by Crippen LogP contribution is -1.94. The number of benzene rings is 1. The lowest BCUT2D eigenvalue weighted by Gasteiger charge is -2.07. The van der Waals surface area contributed by atoms with Gasteiger partial charge in [0.05, 0.1) is 31.5 Å². The summed E-state index contributed by atoms with van der Waals surface area (Å²) in [6, 6.07) is 3.75. The molecule has 0 aliphatic rings. The summed E-state index contributed by atoms with van der Waals surface area (Å²) in [6.45, 7) is 5.90. The molecule has 0 saturated heterocycles. The van der Waals surface area contributed by atoms with Crippen molar-refractivity contribution in [2.45, 2.75) is 20.8 Å². The minimum absolute atomic E-state index is 0.379. The third kappa shape index (κ3) is 2.18. The molecule has 102 valence electrons. The summed E-state index contributed by atoms with van der Waals surface area (Å²) in [5, 5.41) is 2.64. The predicted molar refractivity (Wildman–Crippen MR) is 84.9 cm³/mol. The van der Waals surface area contributed by atoms with Crippen LogP contribution in [-0.4, -0.2) is 15.0 Å². The molecule has 3 aromatic rings. The summed E-state index contributed by atoms with van der Waals surface area (Å²) in [5.41, 5.74) is 2.73. The molecule has 2 heterocycles. The first-order chi connectivity index (χ1) is 9.47. The second-order valence-corrected chi connectivity index (χ2v) is 6.54. The number of aryl methyl sites for hydroxylation is 3. The first-order valence-electron chi connectivity index (χ1n) is 6.04. The Kier molecular flexibility index (Phi) is 3.40. The molecule has 1 aromatic carbocycles. The Bertz CT molecular complexity index is 827. The first kappa shape index (κ1) is 13.7. The maximum absolute atomic E-state index is 6.30. The van der Waals surface area contributed by atoms with E-state index in [1.165, 1.54) is 0 Å². The Hall–Kier alpha value is -1.23. The molecule has 6 heteroatoms. The van der Waals surface area contributed by atoms with Crippen molar-refractivity contribution in [2.75, 3.05) is 0 Å². The van der Waals surface area contributed by atoms with Gasteiger partial charge in [0, 0.05) is 0 Å². The molecule has 0 aliphatic heterocycles. The highest BCUT2D eigenvalue weighted by Gasteiger charge is 2.16. The van der Waals surface area contributed by atoms with Crippen molar-refractivity contribution in [2.24, 2.45) is 0 Å². The van der Waals surface area contributed by atoms with Crippen LogP contribution in [0.5, 0.6) is 0 Å². The molecular weight excluding hydrogens is 313 g/mol. The molecule has 2 aromatic heterocycles. The van der Waals surface area contributed by atoms with Crippen LogP contribution in [0.15, 0.2) is 12.1 Å². The van der Waals surface area contributed by atoms with E-state index in [0.717, 1.165) is 26.7 Å². The topological polar surface area (TPSA) is 38.7 Å². The van der Waals surface area contributed by atoms with E-state index < -0.39 is 0 Å². The van der Waals surface area contributed by atoms with Crippen LogP contribution in [0, 0.1) is 20.8 Å². The second kappa shape index (κ2) is 4.95. The summed E-state index contributed by atoms with van der Waals surface area (Å²) >= 11 is 14.1. The average Bonchev–Trinajstić information content (AvgIpc) is 2.72. The summed E-state index contributed by atoms with van der Waals surface area (Å²) in [7, 11) is 0. The van der Waals surface area contributed by atoms with Crippen LogP contribution in [0.4, 0.5) is 0 Å². The number of thiazole rings is 1. The van der Waals surface area contributed by atoms with Crippen LogP contribution in [0.25, 0.3) is 21.6 Å². The van der Waals surface area contributed by atoms with Crippen LogP contribution in [0.3, 0.4) is 0 Å². The van der Waals surface area contributed by atoms with Crippen molar-refractivity contribution in [1.29, 1.82) is 0 Å². The maximum Gasteiger partial charge on any atom is 0.173 e. The number of fused-ring (bicyclic) bond motifs is 1. The highest BCUT2D eigenvalue weighted by atomic mass is 35.5. The van der Waals surface area contributed by atoms with Gasteiger partial charge in [-0.05, 0) is 32.4 Å². The van der Waals surface area contributed by atoms with Gasteiger partial charge in [0.25, 0.3) is 0 Å². The van der Waals surface area contributed by atoms with Gasteiger partial charge in [0.2, 0.25) is 0 Å². The largest absolute Gasteiger partial charge is 0.246 e. The summed E-state index contributed by atoms with van der Waals surface area (Å²) < 4.78 is 0. The summed E-state index contributed by atoms with van der Waals surface area (Å²) in [5.74, 6) is 0.607. The van der Waals surface area contributed by atoms with E-state index in [1.807, 2.05) is 32.9 Å². The van der Waals surface area contributed by atoms with Crippen molar-refractivity contribution in [1.82, 2.24) is 15.0 Å². The third-order valence-corrected chi connectivity index (χ3v) is 4.72. The SMILES string of the molecule is Cc1nc(C)c(-c2nc(Cl)c3c(Cl)ccc(C)c3n2)s1. The van der Waals surface area contributed by atoms with E-state index in [4.69, 9.17) is 23.2 Å². The maximum atomic E-state index is 6.30. The van der Waals surface area contributed by atoms with E-state index >= 15 is 0 Å². The molecule has 0 aliphatic carbocycles. The van der Waals surface area contributed by atoms with Gasteiger partial charge in [-0.1, -0.05) is 29.3 Å². The lowest BCUT2D eigenvalue weighted by molar-refractivity contribution is 1.17. The molecule has 0 saturated carbocycles. The molecule has 3 nitrogen and oxygen atoms in total. The van der Waals surface area contributed by atoms with Gasteiger partial charge in [-0.15, -0.1) is 11.3 Å². The minimum atomic E-state index is 0.379. The van der Waals surface area contributed by atoms with E-state index in [2.05, 4.69) is 15.0 Å². The van der Waals surface area contributed by atoms with Crippen LogP contribution in [-0.2, 0) is 0 Å². The van der Waals surface area contributed by atoms with Gasteiger partial charge in [0.1, 0.15) is 5.15 Å². The Balaban J connectivity index is 2.35. The van der Waals surface area contributed by atoms with Gasteiger partial charge < -0.3 is 0 Å². The van der Waals surface area contributed by atoms with E-state index in [9.17, 15) is 0 Å². The van der Waals surface area contributed by atoms with Crippen LogP contribution < -0.4 is 0 Å². The van der Waals surface area contributed by atoms with Gasteiger partial charge >= 0.3 is 0 Å². The number of rotatable bonds is 1. The van der Waals surface area contributed by atoms with E-state index in [-0.39, 0.29) is 0 Å². The normalized spacial score (nSPS) is 11.2. The van der Waals surface area contributed by atoms with Crippen LogP contribution in [0.1, 0.15) is 16.3 Å². The van der Waals surface area contributed by atoms with Crippen molar-refractivity contribution < 1.29 is 0 Å². The number of halogens is 2. The molecule has 3 rings (SSSR count). The molecule has 0 spiro atoms. The highest BCUT2D eigenvalue weighted by Crippen LogP contribution is 2.34. The van der Waals surface area contributed by atoms with Crippen molar-refractivity contribution in [3.05, 3.63) is 38.6 Å². The number of nitrogens with zero attached hydrogens (tertiary/aromatic N) is 3. The number of hydrogen-bond donors (Lipinski definition) is 0. The van der Waals surface area contributed by atoms with E-state index in [1.54, 1.807) is 11.3 Å². The molecule has 0 atom stereocenters. The summed E-state index contributed by atoms with van der Waals surface area (Å²) in [4.78, 5) is 14.4. The first-order valence-corrected chi connectivity index (χ1v) is 7.61. The molecular formula is C14H11Cl2N3S. The molecule has 0 bridgehead atoms. The molecule has 0 fully saturated rings. The Morgan fingerprint density at radius 2 is 1.75 bits per heavy atom. The summed E-state index contributed by atoms with van der Waals surface area (Å²) in [6.07, 6.45) is 0. The van der Waals surface area contributed by atoms with Gasteiger partial charge in [-0.3, -0.25) is 0 Å². The Morgan fingerprint density at radius 3 is 2.40 bits per heavy atom. The van der Waals surface area contributed by atoms with Crippen LogP contribution >= 0.6 is 34.5 Å². The van der Waals surface area contributed by atoms with Crippen molar-refractivity contribution in [3.63, 3.8) is 0 Å². The molecule has 0 unspecified atom stereocenters. The van der Waals surface area contributed by atoms with Crippen molar-refractivity contribution in [3.8, 4) is 10.7 Å². The number of hydrogen-bond acceptors (Lipinski definition) is 4. The van der Waals surface area contributed by atoms with Gasteiger partial charge in [-0.2, -0.15) is 0 Å². The van der Waals surface area contributed by atoms with Gasteiger partial charge in [0.15, 0.2) is 5.82 Å². The zero-order chi connectivity index (χ0) is 14.4. The fraction of sp³-hybridized carbons (Fsp3) is 0.214. The zero-order valence-electron chi connectivity index (χ0n) is 11.2. The van der Waals surface area contributed by atoms with E-state index in [0.29, 0.717) is 21.4 Å². The zero-order valence-corrected chi connectivity index (χ0v) is 13.5. The number of aromatic nitrogens is 3. The van der Waals surface area contributed by atoms with Crippen LogP contribution in [0.2, 0.25) is 10.2 Å². The standard InChI is InChI=1S/C14H11Cl2N3S/c1-6-4-5-9(15)10-11(6)18-14(19-13(10)16)12-7(2)17-8(3)20-12/h4-5H,1-3H3. The molecule has 0 radical (unpaired) electrons. The van der Waals surface area contributed by atoms with Crippen molar-refractivity contribution >= 4 is 45.4 Å². The highest BCUT2D eigenvalue weighted by molar-refractivity contribution is 7.15. The minimum Gasteiger partial charge on any atom is -0.246 e. The van der Waals surface area contributed by atoms with Gasteiger partial charge in [-0.25, -0.2) is 15.0 Å². The lowest BCUT2D eigenvalue weighted by atomic mass is 10.1. The molecule has 0 amide bonds. The average molecular weight is 324 g/mol. The fourth-order valence-electron chi connectivity index (χ4n) is 2.13.